The van der Waals surface area contributed by atoms with Gasteiger partial charge in [0.15, 0.2) is 0 Å². The molecule has 0 fully saturated rings. The molecular weight excluding hydrogens is 214 g/mol. The molecule has 0 aliphatic heterocycles. The van der Waals surface area contributed by atoms with Crippen LogP contribution in [0.3, 0.4) is 0 Å². The number of carbonyl (C=O) groups is 1. The highest BCUT2D eigenvalue weighted by Crippen LogP contribution is 2.24. The lowest BCUT2D eigenvalue weighted by atomic mass is 9.90. The third kappa shape index (κ3) is 3.53. The van der Waals surface area contributed by atoms with Gasteiger partial charge in [0.05, 0.1) is 6.42 Å². The lowest BCUT2D eigenvalue weighted by Crippen LogP contribution is -2.26. The molecular formula is C11H14ClNO2. The lowest BCUT2D eigenvalue weighted by Gasteiger charge is -2.19. The van der Waals surface area contributed by atoms with Crippen molar-refractivity contribution in [3.05, 3.63) is 34.9 Å². The fourth-order valence-corrected chi connectivity index (χ4v) is 1.63. The molecule has 0 aliphatic carbocycles. The van der Waals surface area contributed by atoms with Crippen molar-refractivity contribution in [2.45, 2.75) is 25.3 Å². The monoisotopic (exact) mass is 227 g/mol. The van der Waals surface area contributed by atoms with Gasteiger partial charge in [-0.05, 0) is 24.6 Å². The van der Waals surface area contributed by atoms with Crippen molar-refractivity contribution in [2.24, 2.45) is 5.73 Å². The van der Waals surface area contributed by atoms with Gasteiger partial charge in [-0.2, -0.15) is 0 Å². The van der Waals surface area contributed by atoms with Crippen molar-refractivity contribution in [1.82, 2.24) is 0 Å². The molecule has 0 saturated carbocycles. The Morgan fingerprint density at radius 2 is 2.00 bits per heavy atom. The van der Waals surface area contributed by atoms with Gasteiger partial charge in [0, 0.05) is 17.0 Å². The highest BCUT2D eigenvalue weighted by atomic mass is 35.5. The van der Waals surface area contributed by atoms with E-state index in [1.165, 1.54) is 0 Å². The van der Waals surface area contributed by atoms with Gasteiger partial charge in [0.1, 0.15) is 0 Å². The topological polar surface area (TPSA) is 63.3 Å². The summed E-state index contributed by atoms with van der Waals surface area (Å²) in [4.78, 5) is 10.7. The van der Waals surface area contributed by atoms with Crippen LogP contribution in [0.5, 0.6) is 0 Å². The Morgan fingerprint density at radius 1 is 1.47 bits per heavy atom. The lowest BCUT2D eigenvalue weighted by molar-refractivity contribution is -0.137. The molecule has 0 radical (unpaired) electrons. The summed E-state index contributed by atoms with van der Waals surface area (Å²) < 4.78 is 0. The van der Waals surface area contributed by atoms with E-state index in [0.29, 0.717) is 5.02 Å². The van der Waals surface area contributed by atoms with Gasteiger partial charge >= 0.3 is 5.97 Å². The number of carboxylic acids is 1. The van der Waals surface area contributed by atoms with Crippen molar-refractivity contribution >= 4 is 17.6 Å². The second-order valence-corrected chi connectivity index (χ2v) is 4.05. The van der Waals surface area contributed by atoms with E-state index in [1.807, 2.05) is 19.1 Å². The van der Waals surface area contributed by atoms with Crippen LogP contribution in [0.15, 0.2) is 24.3 Å². The predicted octanol–water partition coefficient (Wildman–Crippen LogP) is 2.25. The van der Waals surface area contributed by atoms with Gasteiger partial charge < -0.3 is 10.8 Å². The fourth-order valence-electron chi connectivity index (χ4n) is 1.51. The summed E-state index contributed by atoms with van der Waals surface area (Å²) in [5.41, 5.74) is 6.67. The minimum atomic E-state index is -0.841. The Hall–Kier alpha value is -1.06. The molecule has 0 amide bonds. The zero-order chi connectivity index (χ0) is 11.4. The first-order chi connectivity index (χ1) is 7.00. The summed E-state index contributed by atoms with van der Waals surface area (Å²) in [6, 6.07) is 6.93. The second-order valence-electron chi connectivity index (χ2n) is 3.62. The largest absolute Gasteiger partial charge is 0.481 e. The molecule has 15 heavy (non-hydrogen) atoms. The third-order valence-corrected chi connectivity index (χ3v) is 2.58. The van der Waals surface area contributed by atoms with Crippen LogP contribution in [-0.4, -0.2) is 17.1 Å². The Labute approximate surface area is 93.9 Å². The van der Waals surface area contributed by atoms with E-state index in [1.54, 1.807) is 12.1 Å². The molecule has 0 heterocycles. The number of halogens is 1. The maximum absolute atomic E-state index is 10.7. The van der Waals surface area contributed by atoms with Gasteiger partial charge in [-0.1, -0.05) is 23.7 Å². The standard InChI is InChI=1S/C11H14ClNO2/c1-7(13)10(6-11(14)15)8-2-4-9(12)5-3-8/h2-5,7,10H,6,13H2,1H3,(H,14,15). The minimum absolute atomic E-state index is 0.0410. The number of nitrogens with two attached hydrogens (primary N) is 1. The molecule has 82 valence electrons. The minimum Gasteiger partial charge on any atom is -0.481 e. The summed E-state index contributed by atoms with van der Waals surface area (Å²) >= 11 is 5.75. The SMILES string of the molecule is CC(N)C(CC(=O)O)c1ccc(Cl)cc1. The molecule has 0 aromatic heterocycles. The first-order valence-electron chi connectivity index (χ1n) is 4.73. The molecule has 1 aromatic rings. The highest BCUT2D eigenvalue weighted by molar-refractivity contribution is 6.30. The Kier molecular flexibility index (Phi) is 4.12. The van der Waals surface area contributed by atoms with Gasteiger partial charge in [0.25, 0.3) is 0 Å². The number of rotatable bonds is 4. The number of hydrogen-bond acceptors (Lipinski definition) is 2. The molecule has 0 bridgehead atoms. The fraction of sp³-hybridized carbons (Fsp3) is 0.364. The van der Waals surface area contributed by atoms with Crippen molar-refractivity contribution in [1.29, 1.82) is 0 Å². The van der Waals surface area contributed by atoms with Crippen LogP contribution in [0.25, 0.3) is 0 Å². The number of carboxylic acid groups (broad SMARTS) is 1. The van der Waals surface area contributed by atoms with E-state index < -0.39 is 5.97 Å². The molecule has 2 atom stereocenters. The normalized spacial score (nSPS) is 14.6. The summed E-state index contributed by atoms with van der Waals surface area (Å²) in [6.45, 7) is 1.81. The van der Waals surface area contributed by atoms with Gasteiger partial charge in [-0.25, -0.2) is 0 Å². The van der Waals surface area contributed by atoms with Crippen LogP contribution in [0.4, 0.5) is 0 Å². The van der Waals surface area contributed by atoms with Crippen LogP contribution in [0.1, 0.15) is 24.8 Å². The van der Waals surface area contributed by atoms with Crippen LogP contribution >= 0.6 is 11.6 Å². The van der Waals surface area contributed by atoms with Crippen molar-refractivity contribution in [3.63, 3.8) is 0 Å². The molecule has 1 rings (SSSR count). The summed E-state index contributed by atoms with van der Waals surface area (Å²) in [5, 5.41) is 9.40. The summed E-state index contributed by atoms with van der Waals surface area (Å²) in [5.74, 6) is -1.01. The van der Waals surface area contributed by atoms with Crippen LogP contribution in [0.2, 0.25) is 5.02 Å². The molecule has 4 heteroatoms. The predicted molar refractivity (Wildman–Crippen MR) is 60.1 cm³/mol. The first-order valence-corrected chi connectivity index (χ1v) is 5.11. The highest BCUT2D eigenvalue weighted by Gasteiger charge is 2.19. The second kappa shape index (κ2) is 5.14. The Balaban J connectivity index is 2.88. The van der Waals surface area contributed by atoms with Crippen LogP contribution < -0.4 is 5.73 Å². The molecule has 0 saturated heterocycles. The zero-order valence-electron chi connectivity index (χ0n) is 8.48. The van der Waals surface area contributed by atoms with E-state index in [2.05, 4.69) is 0 Å². The average Bonchev–Trinajstić information content (AvgIpc) is 2.15. The van der Waals surface area contributed by atoms with Crippen LogP contribution in [-0.2, 0) is 4.79 Å². The maximum Gasteiger partial charge on any atom is 0.304 e. The quantitative estimate of drug-likeness (QED) is 0.829. The van der Waals surface area contributed by atoms with Crippen molar-refractivity contribution in [2.75, 3.05) is 0 Å². The number of aliphatic carboxylic acids is 1. The first kappa shape index (κ1) is 12.0. The van der Waals surface area contributed by atoms with Gasteiger partial charge in [0.2, 0.25) is 0 Å². The number of hydrogen-bond donors (Lipinski definition) is 2. The molecule has 3 nitrogen and oxygen atoms in total. The smallest absolute Gasteiger partial charge is 0.304 e. The van der Waals surface area contributed by atoms with E-state index >= 15 is 0 Å². The zero-order valence-corrected chi connectivity index (χ0v) is 9.24. The van der Waals surface area contributed by atoms with Gasteiger partial charge in [-0.3, -0.25) is 4.79 Å². The van der Waals surface area contributed by atoms with Crippen molar-refractivity contribution in [3.8, 4) is 0 Å². The maximum atomic E-state index is 10.7. The van der Waals surface area contributed by atoms with E-state index in [-0.39, 0.29) is 18.4 Å². The van der Waals surface area contributed by atoms with Crippen molar-refractivity contribution < 1.29 is 9.90 Å². The number of benzene rings is 1. The van der Waals surface area contributed by atoms with Gasteiger partial charge in [-0.15, -0.1) is 0 Å². The van der Waals surface area contributed by atoms with E-state index in [0.717, 1.165) is 5.56 Å². The molecule has 3 N–H and O–H groups in total. The molecule has 0 aliphatic rings. The molecule has 0 spiro atoms. The average molecular weight is 228 g/mol. The van der Waals surface area contributed by atoms with Crippen LogP contribution in [0, 0.1) is 0 Å². The Morgan fingerprint density at radius 3 is 2.40 bits per heavy atom. The Bertz CT molecular complexity index is 335. The molecule has 1 aromatic carbocycles. The van der Waals surface area contributed by atoms with E-state index in [9.17, 15) is 4.79 Å². The summed E-state index contributed by atoms with van der Waals surface area (Å²) in [6.07, 6.45) is 0.0410. The van der Waals surface area contributed by atoms with E-state index in [4.69, 9.17) is 22.4 Å². The summed E-state index contributed by atoms with van der Waals surface area (Å²) in [7, 11) is 0. The third-order valence-electron chi connectivity index (χ3n) is 2.33. The molecule has 2 unspecified atom stereocenters.